The van der Waals surface area contributed by atoms with Crippen LogP contribution < -0.4 is 5.32 Å². The molecule has 8 nitrogen and oxygen atoms in total. The van der Waals surface area contributed by atoms with Crippen LogP contribution in [-0.2, 0) is 9.53 Å². The van der Waals surface area contributed by atoms with Crippen molar-refractivity contribution in [3.8, 4) is 0 Å². The maximum Gasteiger partial charge on any atom is 0.433 e. The van der Waals surface area contributed by atoms with Crippen LogP contribution in [0, 0.1) is 30.9 Å². The molecule has 0 aliphatic rings. The zero-order valence-corrected chi connectivity index (χ0v) is 14.3. The molecule has 0 spiro atoms. The number of benzene rings is 1. The molecule has 1 aromatic heterocycles. The predicted molar refractivity (Wildman–Crippen MR) is 89.5 cm³/mol. The van der Waals surface area contributed by atoms with Gasteiger partial charge in [0.2, 0.25) is 5.76 Å². The maximum atomic E-state index is 12.3. The van der Waals surface area contributed by atoms with Gasteiger partial charge in [0.15, 0.2) is 6.10 Å². The number of anilines is 1. The van der Waals surface area contributed by atoms with Gasteiger partial charge in [-0.3, -0.25) is 14.9 Å². The number of rotatable bonds is 5. The fraction of sp³-hybridized carbons (Fsp3) is 0.294. The molecular formula is C17H18N2O6. The minimum atomic E-state index is -1.10. The average Bonchev–Trinajstić information content (AvgIpc) is 3.00. The van der Waals surface area contributed by atoms with Crippen LogP contribution in [0.15, 0.2) is 28.7 Å². The number of nitro groups is 1. The van der Waals surface area contributed by atoms with Gasteiger partial charge in [0.05, 0.1) is 6.07 Å². The molecule has 0 saturated heterocycles. The molecule has 1 heterocycles. The summed E-state index contributed by atoms with van der Waals surface area (Å²) >= 11 is 0. The lowest BCUT2D eigenvalue weighted by atomic mass is 10.0. The number of esters is 1. The Morgan fingerprint density at radius 1 is 1.20 bits per heavy atom. The Morgan fingerprint density at radius 2 is 1.80 bits per heavy atom. The van der Waals surface area contributed by atoms with E-state index in [2.05, 4.69) is 5.32 Å². The van der Waals surface area contributed by atoms with E-state index >= 15 is 0 Å². The van der Waals surface area contributed by atoms with Crippen molar-refractivity contribution in [3.63, 3.8) is 0 Å². The van der Waals surface area contributed by atoms with E-state index in [0.717, 1.165) is 28.8 Å². The number of aryl methyl sites for hydroxylation is 3. The first-order valence-electron chi connectivity index (χ1n) is 7.53. The molecule has 1 amide bonds. The molecular weight excluding hydrogens is 328 g/mol. The smallest absolute Gasteiger partial charge is 0.433 e. The summed E-state index contributed by atoms with van der Waals surface area (Å²) in [6, 6.07) is 6.03. The van der Waals surface area contributed by atoms with E-state index < -0.39 is 28.8 Å². The molecule has 0 radical (unpaired) electrons. The number of carbonyl (C=O) groups is 2. The van der Waals surface area contributed by atoms with Crippen molar-refractivity contribution in [1.82, 2.24) is 0 Å². The number of nitrogens with zero attached hydrogens (tertiary/aromatic N) is 1. The van der Waals surface area contributed by atoms with E-state index in [1.54, 1.807) is 0 Å². The second-order valence-corrected chi connectivity index (χ2v) is 5.71. The van der Waals surface area contributed by atoms with Gasteiger partial charge in [-0.1, -0.05) is 17.7 Å². The van der Waals surface area contributed by atoms with E-state index in [1.807, 2.05) is 32.9 Å². The van der Waals surface area contributed by atoms with Gasteiger partial charge in [-0.25, -0.2) is 4.79 Å². The SMILES string of the molecule is Cc1cc(C)c(NC(=O)C(C)OC(=O)c2ccc([N+](=O)[O-])o2)c(C)c1. The molecule has 1 aromatic carbocycles. The predicted octanol–water partition coefficient (Wildman–Crippen LogP) is 3.30. The lowest BCUT2D eigenvalue weighted by molar-refractivity contribution is -0.402. The summed E-state index contributed by atoms with van der Waals surface area (Å²) < 4.78 is 9.75. The van der Waals surface area contributed by atoms with Crippen LogP contribution in [0.2, 0.25) is 0 Å². The van der Waals surface area contributed by atoms with Crippen molar-refractivity contribution in [1.29, 1.82) is 0 Å². The van der Waals surface area contributed by atoms with Gasteiger partial charge in [-0.05, 0) is 44.9 Å². The zero-order chi connectivity index (χ0) is 18.7. The molecule has 0 aliphatic heterocycles. The van der Waals surface area contributed by atoms with Gasteiger partial charge >= 0.3 is 11.9 Å². The highest BCUT2D eigenvalue weighted by atomic mass is 16.7. The first kappa shape index (κ1) is 18.2. The molecule has 2 aromatic rings. The highest BCUT2D eigenvalue weighted by Crippen LogP contribution is 2.22. The first-order chi connectivity index (χ1) is 11.7. The van der Waals surface area contributed by atoms with Gasteiger partial charge in [0.1, 0.15) is 4.92 Å². The summed E-state index contributed by atoms with van der Waals surface area (Å²) in [4.78, 5) is 33.9. The molecule has 1 N–H and O–H groups in total. The monoisotopic (exact) mass is 346 g/mol. The van der Waals surface area contributed by atoms with Crippen LogP contribution >= 0.6 is 0 Å². The molecule has 132 valence electrons. The van der Waals surface area contributed by atoms with Crippen molar-refractivity contribution < 1.29 is 23.7 Å². The first-order valence-corrected chi connectivity index (χ1v) is 7.53. The van der Waals surface area contributed by atoms with Crippen LogP contribution in [0.3, 0.4) is 0 Å². The summed E-state index contributed by atoms with van der Waals surface area (Å²) in [6.45, 7) is 7.10. The number of amides is 1. The van der Waals surface area contributed by atoms with E-state index in [0.29, 0.717) is 5.69 Å². The summed E-state index contributed by atoms with van der Waals surface area (Å²) in [5.41, 5.74) is 3.52. The van der Waals surface area contributed by atoms with Gasteiger partial charge < -0.3 is 14.5 Å². The molecule has 8 heteroatoms. The molecule has 1 unspecified atom stereocenters. The Bertz CT molecular complexity index is 816. The number of hydrogen-bond donors (Lipinski definition) is 1. The zero-order valence-electron chi connectivity index (χ0n) is 14.3. The minimum Gasteiger partial charge on any atom is -0.447 e. The van der Waals surface area contributed by atoms with E-state index in [9.17, 15) is 19.7 Å². The quantitative estimate of drug-likeness (QED) is 0.505. The Morgan fingerprint density at radius 3 is 2.32 bits per heavy atom. The van der Waals surface area contributed by atoms with Crippen LogP contribution in [0.4, 0.5) is 11.6 Å². The second kappa shape index (κ2) is 7.16. The van der Waals surface area contributed by atoms with Crippen LogP contribution in [0.1, 0.15) is 34.2 Å². The molecule has 0 aliphatic carbocycles. The topological polar surface area (TPSA) is 112 Å². The third-order valence-corrected chi connectivity index (χ3v) is 3.55. The van der Waals surface area contributed by atoms with Crippen molar-refractivity contribution in [2.24, 2.45) is 0 Å². The highest BCUT2D eigenvalue weighted by Gasteiger charge is 2.24. The Kier molecular flexibility index (Phi) is 5.21. The number of hydrogen-bond acceptors (Lipinski definition) is 6. The fourth-order valence-corrected chi connectivity index (χ4v) is 2.41. The molecule has 0 saturated carbocycles. The summed E-state index contributed by atoms with van der Waals surface area (Å²) in [7, 11) is 0. The highest BCUT2D eigenvalue weighted by molar-refractivity contribution is 5.97. The van der Waals surface area contributed by atoms with Crippen molar-refractivity contribution in [3.05, 3.63) is 56.8 Å². The van der Waals surface area contributed by atoms with Gasteiger partial charge in [0.25, 0.3) is 5.91 Å². The van der Waals surface area contributed by atoms with Crippen molar-refractivity contribution >= 4 is 23.4 Å². The van der Waals surface area contributed by atoms with Crippen LogP contribution in [0.5, 0.6) is 0 Å². The fourth-order valence-electron chi connectivity index (χ4n) is 2.41. The Labute approximate surface area is 143 Å². The molecule has 2 rings (SSSR count). The summed E-state index contributed by atoms with van der Waals surface area (Å²) in [5, 5.41) is 13.3. The van der Waals surface area contributed by atoms with Crippen LogP contribution in [-0.4, -0.2) is 22.9 Å². The molecule has 1 atom stereocenters. The van der Waals surface area contributed by atoms with Gasteiger partial charge in [-0.2, -0.15) is 0 Å². The lowest BCUT2D eigenvalue weighted by Crippen LogP contribution is -2.30. The molecule has 0 bridgehead atoms. The minimum absolute atomic E-state index is 0.339. The van der Waals surface area contributed by atoms with Gasteiger partial charge in [-0.15, -0.1) is 0 Å². The Hall–Kier alpha value is -3.16. The average molecular weight is 346 g/mol. The van der Waals surface area contributed by atoms with Gasteiger partial charge in [0, 0.05) is 5.69 Å². The van der Waals surface area contributed by atoms with Crippen molar-refractivity contribution in [2.45, 2.75) is 33.8 Å². The summed E-state index contributed by atoms with van der Waals surface area (Å²) in [6.07, 6.45) is -1.10. The molecule has 0 fully saturated rings. The number of furan rings is 1. The molecule has 25 heavy (non-hydrogen) atoms. The number of nitrogens with one attached hydrogen (secondary N) is 1. The van der Waals surface area contributed by atoms with Crippen molar-refractivity contribution in [2.75, 3.05) is 5.32 Å². The van der Waals surface area contributed by atoms with Crippen LogP contribution in [0.25, 0.3) is 0 Å². The largest absolute Gasteiger partial charge is 0.447 e. The normalized spacial score (nSPS) is 11.7. The second-order valence-electron chi connectivity index (χ2n) is 5.71. The third kappa shape index (κ3) is 4.23. The lowest BCUT2D eigenvalue weighted by Gasteiger charge is -2.16. The standard InChI is InChI=1S/C17H18N2O6/c1-9-7-10(2)15(11(3)8-9)18-16(20)12(4)24-17(21)13-5-6-14(25-13)19(22)23/h5-8,12H,1-4H3,(H,18,20). The van der Waals surface area contributed by atoms with E-state index in [-0.39, 0.29) is 5.76 Å². The third-order valence-electron chi connectivity index (χ3n) is 3.55. The van der Waals surface area contributed by atoms with E-state index in [4.69, 9.17) is 9.15 Å². The maximum absolute atomic E-state index is 12.3. The number of carbonyl (C=O) groups excluding carboxylic acids is 2. The van der Waals surface area contributed by atoms with E-state index in [1.165, 1.54) is 6.92 Å². The number of ether oxygens (including phenoxy) is 1. The summed E-state index contributed by atoms with van der Waals surface area (Å²) in [5.74, 6) is -2.37. The Balaban J connectivity index is 2.05.